The average Bonchev–Trinajstić information content (AvgIpc) is 3.33. The lowest BCUT2D eigenvalue weighted by Gasteiger charge is -2.27. The van der Waals surface area contributed by atoms with Crippen molar-refractivity contribution in [2.45, 2.75) is 44.4 Å². The van der Waals surface area contributed by atoms with Crippen LogP contribution < -0.4 is 10.6 Å². The van der Waals surface area contributed by atoms with Crippen molar-refractivity contribution < 1.29 is 13.2 Å². The number of aromatic nitrogens is 4. The molecule has 2 N–H and O–H groups in total. The summed E-state index contributed by atoms with van der Waals surface area (Å²) in [6, 6.07) is 0.0986. The first kappa shape index (κ1) is 18.4. The van der Waals surface area contributed by atoms with Gasteiger partial charge in [0, 0.05) is 13.2 Å². The molecule has 1 unspecified atom stereocenters. The summed E-state index contributed by atoms with van der Waals surface area (Å²) in [4.78, 5) is 16.5. The highest BCUT2D eigenvalue weighted by molar-refractivity contribution is 6.05. The number of hydrogen-bond acceptors (Lipinski definition) is 7. The lowest BCUT2D eigenvalue weighted by molar-refractivity contribution is -0.137. The Hall–Kier alpha value is -2.98. The van der Waals surface area contributed by atoms with Crippen LogP contribution in [0, 0.1) is 6.92 Å². The van der Waals surface area contributed by atoms with Gasteiger partial charge in [0.1, 0.15) is 23.3 Å². The lowest BCUT2D eigenvalue weighted by atomic mass is 9.98. The molecule has 1 aliphatic heterocycles. The van der Waals surface area contributed by atoms with Crippen molar-refractivity contribution in [1.82, 2.24) is 19.7 Å². The average molecular weight is 392 g/mol. The molecule has 28 heavy (non-hydrogen) atoms. The van der Waals surface area contributed by atoms with Crippen LogP contribution in [0.5, 0.6) is 0 Å². The second kappa shape index (κ2) is 6.28. The van der Waals surface area contributed by atoms with Gasteiger partial charge in [0.15, 0.2) is 0 Å². The van der Waals surface area contributed by atoms with E-state index in [0.717, 1.165) is 30.4 Å². The van der Waals surface area contributed by atoms with Crippen LogP contribution in [-0.4, -0.2) is 44.9 Å². The molecule has 11 heteroatoms. The van der Waals surface area contributed by atoms with Crippen molar-refractivity contribution in [1.29, 1.82) is 0 Å². The van der Waals surface area contributed by atoms with Crippen LogP contribution in [0.25, 0.3) is 0 Å². The minimum Gasteiger partial charge on any atom is -0.372 e. The van der Waals surface area contributed by atoms with Gasteiger partial charge in [-0.25, -0.2) is 9.98 Å². The molecule has 0 radical (unpaired) electrons. The van der Waals surface area contributed by atoms with Crippen molar-refractivity contribution in [3.63, 3.8) is 0 Å². The molecule has 2 aromatic heterocycles. The molecule has 0 aromatic carbocycles. The minimum atomic E-state index is -4.53. The summed E-state index contributed by atoms with van der Waals surface area (Å²) in [5, 5.41) is 9.92. The fourth-order valence-corrected chi connectivity index (χ4v) is 3.79. The Bertz CT molecular complexity index is 977. The molecule has 0 bridgehead atoms. The maximum Gasteiger partial charge on any atom is 0.421 e. The lowest BCUT2D eigenvalue weighted by Crippen LogP contribution is -2.38. The van der Waals surface area contributed by atoms with Crippen LogP contribution >= 0.6 is 0 Å². The van der Waals surface area contributed by atoms with Gasteiger partial charge in [-0.05, 0) is 26.7 Å². The summed E-state index contributed by atoms with van der Waals surface area (Å²) in [6.07, 6.45) is 1.19. The molecule has 0 amide bonds. The van der Waals surface area contributed by atoms with Gasteiger partial charge < -0.3 is 10.6 Å². The third-order valence-electron chi connectivity index (χ3n) is 5.27. The van der Waals surface area contributed by atoms with Gasteiger partial charge in [0.05, 0.1) is 29.3 Å². The van der Waals surface area contributed by atoms with Gasteiger partial charge in [-0.2, -0.15) is 23.3 Å². The monoisotopic (exact) mass is 392 g/mol. The molecule has 148 valence electrons. The number of hydrogen-bond donors (Lipinski definition) is 2. The zero-order valence-corrected chi connectivity index (χ0v) is 15.5. The van der Waals surface area contributed by atoms with E-state index < -0.39 is 11.7 Å². The summed E-state index contributed by atoms with van der Waals surface area (Å²) in [5.41, 5.74) is 1.10. The maximum atomic E-state index is 13.0. The van der Waals surface area contributed by atoms with Crippen LogP contribution in [0.4, 0.5) is 30.6 Å². The summed E-state index contributed by atoms with van der Waals surface area (Å²) in [6.45, 7) is 3.95. The van der Waals surface area contributed by atoms with Gasteiger partial charge in [0.25, 0.3) is 0 Å². The number of nitrogens with zero attached hydrogens (tertiary/aromatic N) is 6. The molecular formula is C17H19F3N8. The van der Waals surface area contributed by atoms with E-state index in [1.165, 1.54) is 7.05 Å². The Morgan fingerprint density at radius 2 is 2.07 bits per heavy atom. The number of nitrogens with one attached hydrogen (secondary N) is 2. The van der Waals surface area contributed by atoms with E-state index in [1.54, 1.807) is 12.5 Å². The number of fused-ring (bicyclic) bond motifs is 1. The van der Waals surface area contributed by atoms with Gasteiger partial charge in [-0.1, -0.05) is 0 Å². The topological polar surface area (TPSA) is 92.4 Å². The molecule has 1 fully saturated rings. The van der Waals surface area contributed by atoms with Crippen LogP contribution in [0.1, 0.15) is 31.0 Å². The Kier molecular flexibility index (Phi) is 4.12. The smallest absolute Gasteiger partial charge is 0.372 e. The van der Waals surface area contributed by atoms with Crippen LogP contribution in [0.2, 0.25) is 0 Å². The predicted molar refractivity (Wildman–Crippen MR) is 99.4 cm³/mol. The number of alkyl halides is 3. The number of halogens is 3. The first-order valence-corrected chi connectivity index (χ1v) is 8.78. The van der Waals surface area contributed by atoms with E-state index in [4.69, 9.17) is 0 Å². The highest BCUT2D eigenvalue weighted by atomic mass is 19.4. The molecule has 1 aliphatic carbocycles. The van der Waals surface area contributed by atoms with Gasteiger partial charge in [-0.3, -0.25) is 9.67 Å². The molecule has 8 nitrogen and oxygen atoms in total. The molecule has 3 heterocycles. The first-order chi connectivity index (χ1) is 13.2. The molecule has 4 rings (SSSR count). The van der Waals surface area contributed by atoms with Crippen molar-refractivity contribution in [2.24, 2.45) is 9.98 Å². The highest BCUT2D eigenvalue weighted by Crippen LogP contribution is 2.39. The molecular weight excluding hydrogens is 373 g/mol. The van der Waals surface area contributed by atoms with E-state index >= 15 is 0 Å². The molecule has 1 saturated carbocycles. The summed E-state index contributed by atoms with van der Waals surface area (Å²) in [5.74, 6) is -0.242. The fourth-order valence-electron chi connectivity index (χ4n) is 3.79. The predicted octanol–water partition coefficient (Wildman–Crippen LogP) is 3.15. The normalized spacial score (nSPS) is 23.6. The Morgan fingerprint density at radius 3 is 2.79 bits per heavy atom. The van der Waals surface area contributed by atoms with Crippen molar-refractivity contribution in [3.05, 3.63) is 23.7 Å². The van der Waals surface area contributed by atoms with E-state index in [9.17, 15) is 13.2 Å². The third kappa shape index (κ3) is 2.81. The summed E-state index contributed by atoms with van der Waals surface area (Å²) < 4.78 is 40.9. The molecule has 2 aliphatic rings. The Balaban J connectivity index is 1.63. The number of rotatable bonds is 4. The minimum absolute atomic E-state index is 0.0518. The SMILES string of the molecule is CNc1nc(Nc2cnn([C@]3(C)CCC4N=CN=C43)c2C)ncc1C(F)(F)F. The van der Waals surface area contributed by atoms with Crippen molar-refractivity contribution in [3.8, 4) is 0 Å². The van der Waals surface area contributed by atoms with E-state index in [-0.39, 0.29) is 23.3 Å². The molecule has 2 aromatic rings. The molecule has 2 atom stereocenters. The molecule has 0 saturated heterocycles. The molecule has 0 spiro atoms. The zero-order valence-electron chi connectivity index (χ0n) is 15.5. The summed E-state index contributed by atoms with van der Waals surface area (Å²) >= 11 is 0. The van der Waals surface area contributed by atoms with Gasteiger partial charge in [0.2, 0.25) is 5.95 Å². The summed E-state index contributed by atoms with van der Waals surface area (Å²) in [7, 11) is 1.38. The Morgan fingerprint density at radius 1 is 1.29 bits per heavy atom. The third-order valence-corrected chi connectivity index (χ3v) is 5.27. The van der Waals surface area contributed by atoms with Crippen LogP contribution in [0.3, 0.4) is 0 Å². The van der Waals surface area contributed by atoms with E-state index in [1.807, 2.05) is 11.6 Å². The second-order valence-corrected chi connectivity index (χ2v) is 6.99. The fraction of sp³-hybridized carbons (Fsp3) is 0.471. The van der Waals surface area contributed by atoms with Crippen molar-refractivity contribution >= 4 is 29.5 Å². The maximum absolute atomic E-state index is 13.0. The largest absolute Gasteiger partial charge is 0.421 e. The Labute approximate surface area is 159 Å². The van der Waals surface area contributed by atoms with E-state index in [0.29, 0.717) is 5.69 Å². The second-order valence-electron chi connectivity index (χ2n) is 6.99. The van der Waals surface area contributed by atoms with Gasteiger partial charge >= 0.3 is 6.18 Å². The zero-order chi connectivity index (χ0) is 20.1. The quantitative estimate of drug-likeness (QED) is 0.834. The standard InChI is InChI=1S/C17H19F3N8/c1-9-12(26-15-22-6-10(17(18,19)20)14(21-3)27-15)7-25-28(9)16(2)5-4-11-13(16)24-8-23-11/h6-8,11H,4-5H2,1-3H3,(H2,21,22,26,27)/t11?,16-/m1/s1. The van der Waals surface area contributed by atoms with Gasteiger partial charge in [-0.15, -0.1) is 0 Å². The highest BCUT2D eigenvalue weighted by Gasteiger charge is 2.46. The number of aliphatic imine (C=N–C) groups is 2. The van der Waals surface area contributed by atoms with Crippen molar-refractivity contribution in [2.75, 3.05) is 17.7 Å². The van der Waals surface area contributed by atoms with Crippen LogP contribution in [0.15, 0.2) is 22.4 Å². The van der Waals surface area contributed by atoms with E-state index in [2.05, 4.69) is 42.6 Å². The first-order valence-electron chi connectivity index (χ1n) is 8.78. The van der Waals surface area contributed by atoms with Crippen LogP contribution in [-0.2, 0) is 11.7 Å². The number of anilines is 3.